The Morgan fingerprint density at radius 3 is 2.84 bits per heavy atom. The van der Waals surface area contributed by atoms with E-state index in [0.717, 1.165) is 0 Å². The number of alkyl halides is 1. The minimum atomic E-state index is -1.40. The highest BCUT2D eigenvalue weighted by Gasteiger charge is 2.53. The molecule has 2 fully saturated rings. The van der Waals surface area contributed by atoms with Gasteiger partial charge in [-0.25, -0.2) is 4.39 Å². The van der Waals surface area contributed by atoms with E-state index < -0.39 is 36.2 Å². The smallest absolute Gasteiger partial charge is 0.255 e. The van der Waals surface area contributed by atoms with E-state index in [9.17, 15) is 18.8 Å². The summed E-state index contributed by atoms with van der Waals surface area (Å²) in [5.74, 6) is -1.09. The highest BCUT2D eigenvalue weighted by molar-refractivity contribution is 5.99. The molecule has 1 aromatic rings. The molecule has 7 nitrogen and oxygen atoms in total. The molecule has 0 spiro atoms. The molecule has 0 aliphatic carbocycles. The molecular weight excluding hydrogens is 331 g/mol. The third-order valence-corrected chi connectivity index (χ3v) is 4.50. The van der Waals surface area contributed by atoms with Crippen molar-refractivity contribution >= 4 is 17.6 Å². The molecule has 8 heteroatoms. The number of likely N-dealkylation sites (tertiary alicyclic amines) is 1. The summed E-state index contributed by atoms with van der Waals surface area (Å²) < 4.78 is 24.1. The molecule has 25 heavy (non-hydrogen) atoms. The zero-order chi connectivity index (χ0) is 18.1. The van der Waals surface area contributed by atoms with Gasteiger partial charge in [0.1, 0.15) is 37.2 Å². The maximum absolute atomic E-state index is 14.1. The van der Waals surface area contributed by atoms with Crippen molar-refractivity contribution in [3.05, 3.63) is 24.2 Å². The van der Waals surface area contributed by atoms with Crippen molar-refractivity contribution in [1.82, 2.24) is 10.2 Å². The number of carbonyl (C=O) groups excluding carboxylic acids is 3. The van der Waals surface area contributed by atoms with E-state index in [1.165, 1.54) is 23.5 Å². The van der Waals surface area contributed by atoms with E-state index in [4.69, 9.17) is 9.15 Å². The number of halogens is 1. The van der Waals surface area contributed by atoms with Crippen molar-refractivity contribution in [1.29, 1.82) is 0 Å². The molecular formula is C17H21FN2O5. The number of ether oxygens (including phenoxy) is 1. The fourth-order valence-corrected chi connectivity index (χ4v) is 3.35. The van der Waals surface area contributed by atoms with Gasteiger partial charge in [0.25, 0.3) is 5.91 Å². The predicted molar refractivity (Wildman–Crippen MR) is 84.6 cm³/mol. The summed E-state index contributed by atoms with van der Waals surface area (Å²) in [6.07, 6.45) is 0.721. The van der Waals surface area contributed by atoms with Crippen LogP contribution < -0.4 is 5.32 Å². The molecule has 2 saturated heterocycles. The van der Waals surface area contributed by atoms with Gasteiger partial charge < -0.3 is 19.4 Å². The number of hydrogen-bond acceptors (Lipinski definition) is 5. The second-order valence-corrected chi connectivity index (χ2v) is 6.86. The first-order chi connectivity index (χ1) is 11.9. The lowest BCUT2D eigenvalue weighted by molar-refractivity contribution is -0.138. The van der Waals surface area contributed by atoms with Crippen LogP contribution in [0.1, 0.15) is 30.6 Å². The van der Waals surface area contributed by atoms with Crippen molar-refractivity contribution in [2.75, 3.05) is 13.2 Å². The summed E-state index contributed by atoms with van der Waals surface area (Å²) >= 11 is 0. The van der Waals surface area contributed by atoms with Gasteiger partial charge in [-0.2, -0.15) is 0 Å². The number of Topliss-reactive ketones (excluding diaryl/α,β-unsaturated/α-hetero) is 1. The zero-order valence-corrected chi connectivity index (χ0v) is 14.1. The highest BCUT2D eigenvalue weighted by atomic mass is 19.1. The summed E-state index contributed by atoms with van der Waals surface area (Å²) in [6.45, 7) is 3.45. The summed E-state index contributed by atoms with van der Waals surface area (Å²) in [5, 5.41) is 2.67. The van der Waals surface area contributed by atoms with E-state index in [1.807, 2.05) is 13.8 Å². The predicted octanol–water partition coefficient (Wildman–Crippen LogP) is 0.941. The van der Waals surface area contributed by atoms with Crippen LogP contribution >= 0.6 is 0 Å². The first kappa shape index (κ1) is 17.6. The van der Waals surface area contributed by atoms with Crippen LogP contribution in [0, 0.1) is 5.92 Å². The molecule has 1 N–H and O–H groups in total. The molecule has 2 aliphatic rings. The normalized spacial score (nSPS) is 26.8. The molecule has 4 atom stereocenters. The van der Waals surface area contributed by atoms with Crippen LogP contribution in [0.3, 0.4) is 0 Å². The van der Waals surface area contributed by atoms with Crippen molar-refractivity contribution < 1.29 is 27.9 Å². The van der Waals surface area contributed by atoms with Crippen LogP contribution in [0.15, 0.2) is 23.0 Å². The first-order valence-corrected chi connectivity index (χ1v) is 8.30. The molecule has 0 saturated carbocycles. The summed E-state index contributed by atoms with van der Waals surface area (Å²) in [5.41, 5.74) is 0.296. The average molecular weight is 352 g/mol. The molecule has 136 valence electrons. The Kier molecular flexibility index (Phi) is 4.89. The van der Waals surface area contributed by atoms with Gasteiger partial charge >= 0.3 is 0 Å². The minimum Gasteiger partial charge on any atom is -0.472 e. The maximum atomic E-state index is 14.1. The number of furan rings is 1. The topological polar surface area (TPSA) is 88.8 Å². The van der Waals surface area contributed by atoms with Crippen molar-refractivity contribution in [2.45, 2.75) is 44.6 Å². The fraction of sp³-hybridized carbons (Fsp3) is 0.588. The van der Waals surface area contributed by atoms with Gasteiger partial charge in [-0.3, -0.25) is 14.4 Å². The average Bonchev–Trinajstić information content (AvgIpc) is 3.26. The molecule has 3 heterocycles. The molecule has 2 aliphatic heterocycles. The summed E-state index contributed by atoms with van der Waals surface area (Å²) in [6, 6.07) is -0.255. The Labute approximate surface area is 144 Å². The third-order valence-electron chi connectivity index (χ3n) is 4.50. The Balaban J connectivity index is 1.77. The molecule has 1 aromatic heterocycles. The highest BCUT2D eigenvalue weighted by Crippen LogP contribution is 2.30. The van der Waals surface area contributed by atoms with Crippen molar-refractivity contribution in [2.24, 2.45) is 5.92 Å². The van der Waals surface area contributed by atoms with Crippen LogP contribution in [0.5, 0.6) is 0 Å². The standard InChI is InChI=1S/C17H21FN2O5/c1-9(2)5-12(19-16(22)10-3-4-24-7-10)17(23)20-6-11(18)15-14(20)13(21)8-25-15/h3-4,7,9,11-12,14-15H,5-6,8H2,1-2H3,(H,19,22)/t11-,12-,14+,15+/m0/s1. The van der Waals surface area contributed by atoms with E-state index >= 15 is 0 Å². The Morgan fingerprint density at radius 1 is 1.44 bits per heavy atom. The van der Waals surface area contributed by atoms with Crippen LogP contribution in [-0.2, 0) is 14.3 Å². The number of rotatable bonds is 5. The molecule has 0 radical (unpaired) electrons. The van der Waals surface area contributed by atoms with Gasteiger partial charge in [-0.1, -0.05) is 13.8 Å². The number of nitrogens with one attached hydrogen (secondary N) is 1. The van der Waals surface area contributed by atoms with Gasteiger partial charge in [0.15, 0.2) is 5.78 Å². The lowest BCUT2D eigenvalue weighted by atomic mass is 10.0. The minimum absolute atomic E-state index is 0.119. The van der Waals surface area contributed by atoms with Gasteiger partial charge in [0.2, 0.25) is 5.91 Å². The molecule has 0 unspecified atom stereocenters. The van der Waals surface area contributed by atoms with Gasteiger partial charge in [0, 0.05) is 0 Å². The SMILES string of the molecule is CC(C)C[C@H](NC(=O)c1ccoc1)C(=O)N1C[C@H](F)[C@H]2OCC(=O)[C@H]21. The number of amides is 2. The Morgan fingerprint density at radius 2 is 2.20 bits per heavy atom. The number of fused-ring (bicyclic) bond motifs is 1. The van der Waals surface area contributed by atoms with Gasteiger partial charge in [-0.05, 0) is 18.4 Å². The van der Waals surface area contributed by atoms with Crippen LogP contribution in [-0.4, -0.2) is 60.0 Å². The largest absolute Gasteiger partial charge is 0.472 e. The van der Waals surface area contributed by atoms with E-state index in [0.29, 0.717) is 12.0 Å². The molecule has 2 amide bonds. The number of nitrogens with zero attached hydrogens (tertiary/aromatic N) is 1. The second-order valence-electron chi connectivity index (χ2n) is 6.86. The van der Waals surface area contributed by atoms with Gasteiger partial charge in [0.05, 0.1) is 18.4 Å². The van der Waals surface area contributed by atoms with Crippen LogP contribution in [0.4, 0.5) is 4.39 Å². The molecule has 0 aromatic carbocycles. The van der Waals surface area contributed by atoms with Crippen molar-refractivity contribution in [3.63, 3.8) is 0 Å². The van der Waals surface area contributed by atoms with Gasteiger partial charge in [-0.15, -0.1) is 0 Å². The molecule has 3 rings (SSSR count). The number of ketones is 1. The molecule has 0 bridgehead atoms. The monoisotopic (exact) mass is 352 g/mol. The number of carbonyl (C=O) groups is 3. The summed E-state index contributed by atoms with van der Waals surface area (Å²) in [7, 11) is 0. The van der Waals surface area contributed by atoms with Crippen LogP contribution in [0.25, 0.3) is 0 Å². The third kappa shape index (κ3) is 3.44. The lowest BCUT2D eigenvalue weighted by Crippen LogP contribution is -2.52. The van der Waals surface area contributed by atoms with E-state index in [1.54, 1.807) is 0 Å². The van der Waals surface area contributed by atoms with Crippen molar-refractivity contribution in [3.8, 4) is 0 Å². The fourth-order valence-electron chi connectivity index (χ4n) is 3.35. The lowest BCUT2D eigenvalue weighted by Gasteiger charge is -2.28. The zero-order valence-electron chi connectivity index (χ0n) is 14.1. The Hall–Kier alpha value is -2.22. The maximum Gasteiger partial charge on any atom is 0.255 e. The first-order valence-electron chi connectivity index (χ1n) is 8.30. The quantitative estimate of drug-likeness (QED) is 0.852. The number of hydrogen-bond donors (Lipinski definition) is 1. The summed E-state index contributed by atoms with van der Waals surface area (Å²) in [4.78, 5) is 38.4. The van der Waals surface area contributed by atoms with E-state index in [2.05, 4.69) is 5.32 Å². The van der Waals surface area contributed by atoms with Crippen LogP contribution in [0.2, 0.25) is 0 Å². The van der Waals surface area contributed by atoms with E-state index in [-0.39, 0.29) is 24.9 Å². The second kappa shape index (κ2) is 6.95. The Bertz CT molecular complexity index is 660.